The number of benzene rings is 1. The second-order valence-electron chi connectivity index (χ2n) is 4.51. The molecule has 2 aromatic rings. The summed E-state index contributed by atoms with van der Waals surface area (Å²) in [4.78, 5) is 11.7. The number of hydrogen-bond donors (Lipinski definition) is 3. The molecule has 5 nitrogen and oxygen atoms in total. The first kappa shape index (κ1) is 10.8. The molecule has 5 heteroatoms. The van der Waals surface area contributed by atoms with E-state index in [4.69, 9.17) is 0 Å². The Kier molecular flexibility index (Phi) is 2.33. The highest BCUT2D eigenvalue weighted by molar-refractivity contribution is 5.94. The number of phenols is 1. The number of aromatic nitrogens is 2. The summed E-state index contributed by atoms with van der Waals surface area (Å²) < 4.78 is 0. The largest absolute Gasteiger partial charge is 0.508 e. The van der Waals surface area contributed by atoms with Crippen molar-refractivity contribution in [1.82, 2.24) is 10.2 Å². The molecule has 1 aliphatic heterocycles. The third-order valence-electron chi connectivity index (χ3n) is 3.29. The number of nitrogens with zero attached hydrogens (tertiary/aromatic N) is 1. The van der Waals surface area contributed by atoms with Crippen LogP contribution in [0, 0.1) is 6.92 Å². The summed E-state index contributed by atoms with van der Waals surface area (Å²) in [6.07, 6.45) is 0.401. The number of fused-ring (bicyclic) bond motifs is 1. The maximum atomic E-state index is 11.7. The van der Waals surface area contributed by atoms with Crippen LogP contribution in [0.3, 0.4) is 0 Å². The molecular formula is C13H13N3O2. The Morgan fingerprint density at radius 1 is 1.33 bits per heavy atom. The minimum atomic E-state index is -0.0351. The molecule has 0 saturated carbocycles. The lowest BCUT2D eigenvalue weighted by Crippen LogP contribution is -2.23. The van der Waals surface area contributed by atoms with Crippen molar-refractivity contribution in [3.8, 4) is 5.75 Å². The van der Waals surface area contributed by atoms with Crippen molar-refractivity contribution in [2.24, 2.45) is 0 Å². The second-order valence-corrected chi connectivity index (χ2v) is 4.51. The molecule has 3 rings (SSSR count). The van der Waals surface area contributed by atoms with Gasteiger partial charge in [-0.3, -0.25) is 9.89 Å². The van der Waals surface area contributed by atoms with Gasteiger partial charge in [-0.2, -0.15) is 5.10 Å². The van der Waals surface area contributed by atoms with Gasteiger partial charge in [0.1, 0.15) is 5.75 Å². The Hall–Kier alpha value is -2.30. The van der Waals surface area contributed by atoms with E-state index in [1.54, 1.807) is 12.1 Å². The molecule has 0 fully saturated rings. The molecule has 2 heterocycles. The molecule has 0 spiro atoms. The molecule has 1 aromatic heterocycles. The van der Waals surface area contributed by atoms with E-state index in [0.717, 1.165) is 16.8 Å². The molecule has 92 valence electrons. The molecular weight excluding hydrogens is 230 g/mol. The molecule has 1 aliphatic rings. The summed E-state index contributed by atoms with van der Waals surface area (Å²) in [7, 11) is 0. The fraction of sp³-hybridized carbons (Fsp3) is 0.231. The lowest BCUT2D eigenvalue weighted by Gasteiger charge is -2.22. The molecule has 0 aliphatic carbocycles. The Bertz CT molecular complexity index is 601. The fourth-order valence-corrected chi connectivity index (χ4v) is 2.42. The molecule has 0 unspecified atom stereocenters. The highest BCUT2D eigenvalue weighted by Gasteiger charge is 2.30. The highest BCUT2D eigenvalue weighted by atomic mass is 16.3. The number of carbonyl (C=O) groups excluding carboxylic acids is 1. The van der Waals surface area contributed by atoms with Crippen LogP contribution in [0.1, 0.15) is 29.2 Å². The number of aromatic amines is 1. The van der Waals surface area contributed by atoms with Crippen LogP contribution in [0.5, 0.6) is 5.75 Å². The average molecular weight is 243 g/mol. The van der Waals surface area contributed by atoms with E-state index >= 15 is 0 Å². The number of carbonyl (C=O) groups is 1. The van der Waals surface area contributed by atoms with Gasteiger partial charge in [0, 0.05) is 23.6 Å². The van der Waals surface area contributed by atoms with Crippen molar-refractivity contribution in [2.45, 2.75) is 19.3 Å². The first-order chi connectivity index (χ1) is 8.65. The SMILES string of the molecule is Cc1[nH]nc2c1[C@@H](c1ccc(O)cc1)CC(=O)N2. The van der Waals surface area contributed by atoms with E-state index in [-0.39, 0.29) is 17.6 Å². The predicted octanol–water partition coefficient (Wildman–Crippen LogP) is 1.90. The number of anilines is 1. The smallest absolute Gasteiger partial charge is 0.226 e. The minimum absolute atomic E-state index is 0.00639. The third-order valence-corrected chi connectivity index (χ3v) is 3.29. The molecule has 3 N–H and O–H groups in total. The van der Waals surface area contributed by atoms with Gasteiger partial charge in [0.15, 0.2) is 5.82 Å². The number of hydrogen-bond acceptors (Lipinski definition) is 3. The van der Waals surface area contributed by atoms with Gasteiger partial charge in [-0.15, -0.1) is 0 Å². The van der Waals surface area contributed by atoms with E-state index in [1.807, 2.05) is 19.1 Å². The number of phenolic OH excluding ortho intramolecular Hbond substituents is 1. The third kappa shape index (κ3) is 1.64. The molecule has 0 saturated heterocycles. The average Bonchev–Trinajstić information content (AvgIpc) is 2.71. The molecule has 18 heavy (non-hydrogen) atoms. The standard InChI is InChI=1S/C13H13N3O2/c1-7-12-10(8-2-4-9(17)5-3-8)6-11(18)14-13(12)16-15-7/h2-5,10,17H,6H2,1H3,(H2,14,15,16,18)/t10-/m1/s1. The maximum absolute atomic E-state index is 11.7. The van der Waals surface area contributed by atoms with Crippen molar-refractivity contribution < 1.29 is 9.90 Å². The number of aryl methyl sites for hydroxylation is 1. The molecule has 0 radical (unpaired) electrons. The zero-order valence-electron chi connectivity index (χ0n) is 9.90. The van der Waals surface area contributed by atoms with E-state index in [2.05, 4.69) is 15.5 Å². The van der Waals surface area contributed by atoms with Crippen LogP contribution in [-0.4, -0.2) is 21.2 Å². The van der Waals surface area contributed by atoms with Crippen molar-refractivity contribution in [2.75, 3.05) is 5.32 Å². The van der Waals surface area contributed by atoms with Crippen LogP contribution in [0.4, 0.5) is 5.82 Å². The molecule has 1 amide bonds. The summed E-state index contributed by atoms with van der Waals surface area (Å²) in [5.74, 6) is 0.796. The van der Waals surface area contributed by atoms with E-state index in [1.165, 1.54) is 0 Å². The highest BCUT2D eigenvalue weighted by Crippen LogP contribution is 2.37. The van der Waals surface area contributed by atoms with Gasteiger partial charge in [-0.25, -0.2) is 0 Å². The minimum Gasteiger partial charge on any atom is -0.508 e. The Morgan fingerprint density at radius 3 is 2.78 bits per heavy atom. The fourth-order valence-electron chi connectivity index (χ4n) is 2.42. The first-order valence-electron chi connectivity index (χ1n) is 5.79. The maximum Gasteiger partial charge on any atom is 0.226 e. The summed E-state index contributed by atoms with van der Waals surface area (Å²) in [5.41, 5.74) is 3.00. The van der Waals surface area contributed by atoms with Crippen molar-refractivity contribution >= 4 is 11.7 Å². The number of aromatic hydroxyl groups is 1. The van der Waals surface area contributed by atoms with Gasteiger partial charge >= 0.3 is 0 Å². The van der Waals surface area contributed by atoms with E-state index in [0.29, 0.717) is 12.2 Å². The molecule has 1 aromatic carbocycles. The van der Waals surface area contributed by atoms with Crippen molar-refractivity contribution in [3.63, 3.8) is 0 Å². The quantitative estimate of drug-likeness (QED) is 0.715. The van der Waals surface area contributed by atoms with Crippen LogP contribution in [0.2, 0.25) is 0 Å². The topological polar surface area (TPSA) is 78.0 Å². The normalized spacial score (nSPS) is 18.3. The van der Waals surface area contributed by atoms with Gasteiger partial charge in [0.2, 0.25) is 5.91 Å². The number of nitrogens with one attached hydrogen (secondary N) is 2. The summed E-state index contributed by atoms with van der Waals surface area (Å²) in [6.45, 7) is 1.94. The lowest BCUT2D eigenvalue weighted by atomic mass is 9.86. The van der Waals surface area contributed by atoms with Crippen LogP contribution < -0.4 is 5.32 Å². The zero-order valence-corrected chi connectivity index (χ0v) is 9.90. The van der Waals surface area contributed by atoms with E-state index < -0.39 is 0 Å². The number of rotatable bonds is 1. The molecule has 0 bridgehead atoms. The van der Waals surface area contributed by atoms with Crippen molar-refractivity contribution in [3.05, 3.63) is 41.1 Å². The monoisotopic (exact) mass is 243 g/mol. The second kappa shape index (κ2) is 3.87. The summed E-state index contributed by atoms with van der Waals surface area (Å²) in [5, 5.41) is 19.1. The number of amides is 1. The summed E-state index contributed by atoms with van der Waals surface area (Å²) >= 11 is 0. The predicted molar refractivity (Wildman–Crippen MR) is 66.5 cm³/mol. The van der Waals surface area contributed by atoms with Gasteiger partial charge in [-0.05, 0) is 24.6 Å². The molecule has 1 atom stereocenters. The van der Waals surface area contributed by atoms with Gasteiger partial charge in [0.25, 0.3) is 0 Å². The summed E-state index contributed by atoms with van der Waals surface area (Å²) in [6, 6.07) is 6.96. The Balaban J connectivity index is 2.09. The Morgan fingerprint density at radius 2 is 2.06 bits per heavy atom. The van der Waals surface area contributed by atoms with Crippen LogP contribution in [0.25, 0.3) is 0 Å². The van der Waals surface area contributed by atoms with Crippen LogP contribution >= 0.6 is 0 Å². The first-order valence-corrected chi connectivity index (χ1v) is 5.79. The van der Waals surface area contributed by atoms with Crippen LogP contribution in [0.15, 0.2) is 24.3 Å². The van der Waals surface area contributed by atoms with Gasteiger partial charge in [0.05, 0.1) is 0 Å². The van der Waals surface area contributed by atoms with Crippen LogP contribution in [-0.2, 0) is 4.79 Å². The van der Waals surface area contributed by atoms with Crippen molar-refractivity contribution in [1.29, 1.82) is 0 Å². The number of H-pyrrole nitrogens is 1. The zero-order chi connectivity index (χ0) is 12.7. The van der Waals surface area contributed by atoms with Gasteiger partial charge in [-0.1, -0.05) is 12.1 Å². The van der Waals surface area contributed by atoms with Gasteiger partial charge < -0.3 is 10.4 Å². The Labute approximate surface area is 104 Å². The lowest BCUT2D eigenvalue weighted by molar-refractivity contribution is -0.116. The van der Waals surface area contributed by atoms with E-state index in [9.17, 15) is 9.90 Å².